The first-order valence-corrected chi connectivity index (χ1v) is 9.40. The lowest BCUT2D eigenvalue weighted by atomic mass is 10.1. The lowest BCUT2D eigenvalue weighted by molar-refractivity contribution is 0.372. The van der Waals surface area contributed by atoms with Gasteiger partial charge >= 0.3 is 0 Å². The van der Waals surface area contributed by atoms with Crippen LogP contribution < -0.4 is 4.74 Å². The van der Waals surface area contributed by atoms with Crippen molar-refractivity contribution in [1.82, 2.24) is 4.98 Å². The highest BCUT2D eigenvalue weighted by molar-refractivity contribution is 9.10. The molecule has 0 saturated heterocycles. The van der Waals surface area contributed by atoms with Crippen LogP contribution in [-0.4, -0.2) is 17.2 Å². The second-order valence-electron chi connectivity index (χ2n) is 5.63. The smallest absolute Gasteiger partial charge is 0.172 e. The number of aromatic hydroxyl groups is 1. The Labute approximate surface area is 164 Å². The van der Waals surface area contributed by atoms with Crippen molar-refractivity contribution in [2.24, 2.45) is 0 Å². The first kappa shape index (κ1) is 18.2. The van der Waals surface area contributed by atoms with E-state index >= 15 is 0 Å². The van der Waals surface area contributed by atoms with Crippen molar-refractivity contribution in [2.45, 2.75) is 6.92 Å². The molecule has 0 aliphatic carbocycles. The zero-order chi connectivity index (χ0) is 18.7. The Balaban J connectivity index is 1.97. The fraction of sp³-hybridized carbons (Fsp3) is 0.100. The molecular formula is C20H15BrN2O2S. The molecule has 0 spiro atoms. The van der Waals surface area contributed by atoms with Crippen LogP contribution in [0.25, 0.3) is 22.9 Å². The summed E-state index contributed by atoms with van der Waals surface area (Å²) < 4.78 is 5.65. The lowest BCUT2D eigenvalue weighted by Gasteiger charge is -2.06. The normalized spacial score (nSPS) is 11.2. The fourth-order valence-electron chi connectivity index (χ4n) is 2.40. The van der Waals surface area contributed by atoms with Crippen LogP contribution in [0.4, 0.5) is 0 Å². The number of phenols is 1. The summed E-state index contributed by atoms with van der Waals surface area (Å²) >= 11 is 4.71. The Morgan fingerprint density at radius 2 is 2.04 bits per heavy atom. The maximum Gasteiger partial charge on any atom is 0.172 e. The molecule has 0 amide bonds. The van der Waals surface area contributed by atoms with Gasteiger partial charge in [-0.15, -0.1) is 11.3 Å². The Kier molecular flexibility index (Phi) is 5.40. The van der Waals surface area contributed by atoms with Crippen molar-refractivity contribution < 1.29 is 9.84 Å². The number of phenolic OH excluding ortho intramolecular Hbond substituents is 1. The molecule has 0 atom stereocenters. The quantitative estimate of drug-likeness (QED) is 0.546. The fourth-order valence-corrected chi connectivity index (χ4v) is 3.65. The average Bonchev–Trinajstić information content (AvgIpc) is 3.13. The van der Waals surface area contributed by atoms with E-state index in [1.54, 1.807) is 18.2 Å². The van der Waals surface area contributed by atoms with Gasteiger partial charge in [0.25, 0.3) is 0 Å². The summed E-state index contributed by atoms with van der Waals surface area (Å²) in [6.07, 6.45) is 1.73. The van der Waals surface area contributed by atoms with E-state index in [-0.39, 0.29) is 5.75 Å². The molecule has 0 aliphatic heterocycles. The zero-order valence-corrected chi connectivity index (χ0v) is 16.6. The van der Waals surface area contributed by atoms with E-state index in [1.807, 2.05) is 36.6 Å². The standard InChI is InChI=1S/C20H15BrN2O2S/c1-12-3-5-14(6-4-12)17-11-26-20(23-17)15(10-22)7-13-8-16(21)19(24)18(9-13)25-2/h3-9,11,24H,1-2H3/b15-7+. The number of thiazole rings is 1. The van der Waals surface area contributed by atoms with Crippen molar-refractivity contribution in [3.05, 3.63) is 62.4 Å². The molecule has 4 nitrogen and oxygen atoms in total. The van der Waals surface area contributed by atoms with Crippen LogP contribution in [0.3, 0.4) is 0 Å². The van der Waals surface area contributed by atoms with Crippen LogP contribution in [0.1, 0.15) is 16.1 Å². The number of benzene rings is 2. The first-order chi connectivity index (χ1) is 12.5. The number of nitrogens with zero attached hydrogens (tertiary/aromatic N) is 2. The molecule has 26 heavy (non-hydrogen) atoms. The number of aryl methyl sites for hydroxylation is 1. The predicted octanol–water partition coefficient (Wildman–Crippen LogP) is 5.66. The van der Waals surface area contributed by atoms with Crippen molar-refractivity contribution in [3.63, 3.8) is 0 Å². The minimum atomic E-state index is 0.0269. The van der Waals surface area contributed by atoms with Gasteiger partial charge in [-0.05, 0) is 46.6 Å². The highest BCUT2D eigenvalue weighted by Gasteiger charge is 2.12. The molecule has 3 rings (SSSR count). The Bertz CT molecular complexity index is 1020. The van der Waals surface area contributed by atoms with E-state index in [0.29, 0.717) is 20.8 Å². The number of hydrogen-bond acceptors (Lipinski definition) is 5. The van der Waals surface area contributed by atoms with Crippen molar-refractivity contribution >= 4 is 38.9 Å². The SMILES string of the molecule is COc1cc(/C=C(\C#N)c2nc(-c3ccc(C)cc3)cs2)cc(Br)c1O. The molecule has 1 aromatic heterocycles. The molecule has 0 radical (unpaired) electrons. The van der Waals surface area contributed by atoms with Gasteiger partial charge in [-0.3, -0.25) is 0 Å². The van der Waals surface area contributed by atoms with Gasteiger partial charge in [0.1, 0.15) is 11.1 Å². The van der Waals surface area contributed by atoms with Crippen LogP contribution in [0.15, 0.2) is 46.3 Å². The van der Waals surface area contributed by atoms with Crippen LogP contribution in [-0.2, 0) is 0 Å². The summed E-state index contributed by atoms with van der Waals surface area (Å²) in [5, 5.41) is 22.1. The van der Waals surface area contributed by atoms with Gasteiger partial charge in [0, 0.05) is 10.9 Å². The first-order valence-electron chi connectivity index (χ1n) is 7.73. The average molecular weight is 427 g/mol. The number of hydrogen-bond donors (Lipinski definition) is 1. The van der Waals surface area contributed by atoms with Gasteiger partial charge < -0.3 is 9.84 Å². The summed E-state index contributed by atoms with van der Waals surface area (Å²) in [5.74, 6) is 0.362. The van der Waals surface area contributed by atoms with Crippen molar-refractivity contribution in [1.29, 1.82) is 5.26 Å². The molecule has 0 bridgehead atoms. The Morgan fingerprint density at radius 1 is 1.31 bits per heavy atom. The van der Waals surface area contributed by atoms with Crippen LogP contribution in [0, 0.1) is 18.3 Å². The topological polar surface area (TPSA) is 66.1 Å². The molecule has 1 heterocycles. The Hall–Kier alpha value is -2.62. The lowest BCUT2D eigenvalue weighted by Crippen LogP contribution is -1.87. The van der Waals surface area contributed by atoms with Gasteiger partial charge in [-0.25, -0.2) is 4.98 Å². The highest BCUT2D eigenvalue weighted by atomic mass is 79.9. The monoisotopic (exact) mass is 426 g/mol. The number of methoxy groups -OCH3 is 1. The molecule has 130 valence electrons. The van der Waals surface area contributed by atoms with Crippen LogP contribution in [0.5, 0.6) is 11.5 Å². The van der Waals surface area contributed by atoms with Gasteiger partial charge in [0.15, 0.2) is 11.5 Å². The van der Waals surface area contributed by atoms with E-state index < -0.39 is 0 Å². The number of halogens is 1. The van der Waals surface area contributed by atoms with Gasteiger partial charge in [0.05, 0.1) is 22.8 Å². The second-order valence-corrected chi connectivity index (χ2v) is 7.34. The number of ether oxygens (including phenoxy) is 1. The third kappa shape index (κ3) is 3.79. The molecule has 0 unspecified atom stereocenters. The summed E-state index contributed by atoms with van der Waals surface area (Å²) in [4.78, 5) is 4.60. The summed E-state index contributed by atoms with van der Waals surface area (Å²) in [5.41, 5.74) is 4.23. The van der Waals surface area contributed by atoms with E-state index in [9.17, 15) is 10.4 Å². The maximum atomic E-state index is 9.91. The Morgan fingerprint density at radius 3 is 2.69 bits per heavy atom. The summed E-state index contributed by atoms with van der Waals surface area (Å²) in [6.45, 7) is 2.04. The molecule has 1 N–H and O–H groups in total. The van der Waals surface area contributed by atoms with Crippen LogP contribution in [0.2, 0.25) is 0 Å². The van der Waals surface area contributed by atoms with E-state index in [2.05, 4.69) is 27.0 Å². The van der Waals surface area contributed by atoms with Gasteiger partial charge in [-0.1, -0.05) is 29.8 Å². The summed E-state index contributed by atoms with van der Waals surface area (Å²) in [6, 6.07) is 13.7. The second kappa shape index (κ2) is 7.73. The van der Waals surface area contributed by atoms with E-state index in [4.69, 9.17) is 4.74 Å². The predicted molar refractivity (Wildman–Crippen MR) is 108 cm³/mol. The number of aromatic nitrogens is 1. The third-order valence-electron chi connectivity index (χ3n) is 3.78. The third-order valence-corrected chi connectivity index (χ3v) is 5.26. The van der Waals surface area contributed by atoms with Crippen molar-refractivity contribution in [2.75, 3.05) is 7.11 Å². The summed E-state index contributed by atoms with van der Waals surface area (Å²) in [7, 11) is 1.48. The van der Waals surface area contributed by atoms with Crippen LogP contribution >= 0.6 is 27.3 Å². The molecule has 0 saturated carbocycles. The van der Waals surface area contributed by atoms with E-state index in [0.717, 1.165) is 16.8 Å². The zero-order valence-electron chi connectivity index (χ0n) is 14.2. The van der Waals surface area contributed by atoms with Crippen molar-refractivity contribution in [3.8, 4) is 28.8 Å². The minimum Gasteiger partial charge on any atom is -0.503 e. The maximum absolute atomic E-state index is 9.91. The molecular weight excluding hydrogens is 412 g/mol. The van der Waals surface area contributed by atoms with E-state index in [1.165, 1.54) is 24.0 Å². The molecule has 0 fully saturated rings. The molecule has 6 heteroatoms. The molecule has 2 aromatic carbocycles. The largest absolute Gasteiger partial charge is 0.503 e. The number of nitriles is 1. The van der Waals surface area contributed by atoms with Gasteiger partial charge in [-0.2, -0.15) is 5.26 Å². The molecule has 0 aliphatic rings. The van der Waals surface area contributed by atoms with Gasteiger partial charge in [0.2, 0.25) is 0 Å². The highest BCUT2D eigenvalue weighted by Crippen LogP contribution is 2.36. The minimum absolute atomic E-state index is 0.0269. The number of rotatable bonds is 4. The molecule has 3 aromatic rings. The number of allylic oxidation sites excluding steroid dienone is 1.